The van der Waals surface area contributed by atoms with Gasteiger partial charge in [-0.1, -0.05) is 6.07 Å². The first kappa shape index (κ1) is 14.8. The lowest BCUT2D eigenvalue weighted by Crippen LogP contribution is -2.19. The number of hydrogen-bond donors (Lipinski definition) is 3. The molecule has 1 aromatic carbocycles. The summed E-state index contributed by atoms with van der Waals surface area (Å²) >= 11 is 1.69. The van der Waals surface area contributed by atoms with Crippen molar-refractivity contribution in [2.24, 2.45) is 5.14 Å². The first-order valence-electron chi connectivity index (χ1n) is 6.07. The van der Waals surface area contributed by atoms with Crippen molar-refractivity contribution in [2.75, 3.05) is 11.1 Å². The number of sulfonamides is 1. The first-order valence-corrected chi connectivity index (χ1v) is 8.50. The second-order valence-electron chi connectivity index (χ2n) is 4.62. The van der Waals surface area contributed by atoms with Crippen LogP contribution in [-0.4, -0.2) is 14.5 Å². The molecule has 5 N–H and O–H groups in total. The SMILES string of the molecule is CC(Cc1cccs1)Nc1cc(S(N)(=O)=O)ccc1N. The smallest absolute Gasteiger partial charge is 0.238 e. The van der Waals surface area contributed by atoms with E-state index in [0.29, 0.717) is 11.4 Å². The van der Waals surface area contributed by atoms with E-state index in [1.165, 1.54) is 17.0 Å². The summed E-state index contributed by atoms with van der Waals surface area (Å²) in [5.41, 5.74) is 6.94. The van der Waals surface area contributed by atoms with Crippen LogP contribution < -0.4 is 16.2 Å². The molecule has 7 heteroatoms. The molecule has 0 bridgehead atoms. The Balaban J connectivity index is 2.16. The molecule has 2 rings (SSSR count). The summed E-state index contributed by atoms with van der Waals surface area (Å²) in [6, 6.07) is 8.61. The third kappa shape index (κ3) is 3.72. The molecule has 1 heterocycles. The third-order valence-electron chi connectivity index (χ3n) is 2.84. The zero-order valence-corrected chi connectivity index (χ0v) is 12.7. The Morgan fingerprint density at radius 3 is 2.70 bits per heavy atom. The maximum atomic E-state index is 11.3. The van der Waals surface area contributed by atoms with E-state index in [0.717, 1.165) is 6.42 Å². The number of nitrogen functional groups attached to an aromatic ring is 1. The van der Waals surface area contributed by atoms with E-state index in [4.69, 9.17) is 10.9 Å². The lowest BCUT2D eigenvalue weighted by molar-refractivity contribution is 0.598. The number of primary sulfonamides is 1. The van der Waals surface area contributed by atoms with Crippen molar-refractivity contribution in [3.63, 3.8) is 0 Å². The van der Waals surface area contributed by atoms with Gasteiger partial charge in [0.1, 0.15) is 0 Å². The molecule has 2 aromatic rings. The minimum Gasteiger partial charge on any atom is -0.397 e. The number of nitrogens with two attached hydrogens (primary N) is 2. The second kappa shape index (κ2) is 5.82. The molecule has 0 aliphatic carbocycles. The van der Waals surface area contributed by atoms with E-state index in [2.05, 4.69) is 11.4 Å². The summed E-state index contributed by atoms with van der Waals surface area (Å²) in [6.07, 6.45) is 0.844. The molecule has 0 radical (unpaired) electrons. The Morgan fingerprint density at radius 2 is 2.10 bits per heavy atom. The fourth-order valence-electron chi connectivity index (χ4n) is 1.88. The van der Waals surface area contributed by atoms with Crippen molar-refractivity contribution in [3.05, 3.63) is 40.6 Å². The zero-order chi connectivity index (χ0) is 14.8. The Labute approximate surface area is 122 Å². The highest BCUT2D eigenvalue weighted by atomic mass is 32.2. The summed E-state index contributed by atoms with van der Waals surface area (Å²) in [5.74, 6) is 0. The molecule has 20 heavy (non-hydrogen) atoms. The average Bonchev–Trinajstić information content (AvgIpc) is 2.83. The molecule has 108 valence electrons. The maximum absolute atomic E-state index is 11.3. The van der Waals surface area contributed by atoms with Crippen LogP contribution in [0.4, 0.5) is 11.4 Å². The van der Waals surface area contributed by atoms with Gasteiger partial charge in [-0.2, -0.15) is 0 Å². The highest BCUT2D eigenvalue weighted by Crippen LogP contribution is 2.24. The van der Waals surface area contributed by atoms with Crippen LogP contribution in [0.15, 0.2) is 40.6 Å². The predicted octanol–water partition coefficient (Wildman–Crippen LogP) is 2.02. The molecule has 0 saturated heterocycles. The number of hydrogen-bond acceptors (Lipinski definition) is 5. The molecule has 1 unspecified atom stereocenters. The van der Waals surface area contributed by atoms with Crippen LogP contribution >= 0.6 is 11.3 Å². The van der Waals surface area contributed by atoms with Crippen molar-refractivity contribution in [1.29, 1.82) is 0 Å². The fourth-order valence-corrected chi connectivity index (χ4v) is 3.26. The summed E-state index contributed by atoms with van der Waals surface area (Å²) in [5, 5.41) is 10.4. The summed E-state index contributed by atoms with van der Waals surface area (Å²) in [6.45, 7) is 2.02. The monoisotopic (exact) mass is 311 g/mol. The standard InChI is InChI=1S/C13H17N3O2S2/c1-9(7-10-3-2-6-19-10)16-13-8-11(20(15,17)18)4-5-12(13)14/h2-6,8-9,16H,7,14H2,1H3,(H2,15,17,18). The van der Waals surface area contributed by atoms with Crippen molar-refractivity contribution in [1.82, 2.24) is 0 Å². The average molecular weight is 311 g/mol. The molecule has 0 saturated carbocycles. The summed E-state index contributed by atoms with van der Waals surface area (Å²) in [4.78, 5) is 1.31. The molecule has 0 spiro atoms. The summed E-state index contributed by atoms with van der Waals surface area (Å²) < 4.78 is 22.7. The van der Waals surface area contributed by atoms with Crippen LogP contribution in [0.25, 0.3) is 0 Å². The molecule has 0 aliphatic rings. The Hall–Kier alpha value is -1.57. The number of nitrogens with one attached hydrogen (secondary N) is 1. The number of anilines is 2. The first-order chi connectivity index (χ1) is 9.36. The normalized spacial score (nSPS) is 13.1. The van der Waals surface area contributed by atoms with Crippen molar-refractivity contribution < 1.29 is 8.42 Å². The van der Waals surface area contributed by atoms with E-state index in [9.17, 15) is 8.42 Å². The van der Waals surface area contributed by atoms with Gasteiger partial charge < -0.3 is 11.1 Å². The van der Waals surface area contributed by atoms with Crippen molar-refractivity contribution in [3.8, 4) is 0 Å². The van der Waals surface area contributed by atoms with E-state index in [1.54, 1.807) is 17.4 Å². The third-order valence-corrected chi connectivity index (χ3v) is 4.65. The lowest BCUT2D eigenvalue weighted by Gasteiger charge is -2.16. The van der Waals surface area contributed by atoms with E-state index >= 15 is 0 Å². The van der Waals surface area contributed by atoms with Gasteiger partial charge in [-0.25, -0.2) is 13.6 Å². The van der Waals surface area contributed by atoms with Gasteiger partial charge in [0, 0.05) is 17.3 Å². The van der Waals surface area contributed by atoms with Crippen LogP contribution in [0.2, 0.25) is 0 Å². The van der Waals surface area contributed by atoms with Gasteiger partial charge in [0.2, 0.25) is 10.0 Å². The quantitative estimate of drug-likeness (QED) is 0.736. The highest BCUT2D eigenvalue weighted by Gasteiger charge is 2.12. The van der Waals surface area contributed by atoms with E-state index in [1.807, 2.05) is 18.4 Å². The molecule has 5 nitrogen and oxygen atoms in total. The van der Waals surface area contributed by atoms with Gasteiger partial charge in [0.05, 0.1) is 16.3 Å². The van der Waals surface area contributed by atoms with Crippen LogP contribution in [0.3, 0.4) is 0 Å². The fraction of sp³-hybridized carbons (Fsp3) is 0.231. The molecule has 0 fully saturated rings. The van der Waals surface area contributed by atoms with Gasteiger partial charge in [0.25, 0.3) is 0 Å². The maximum Gasteiger partial charge on any atom is 0.238 e. The van der Waals surface area contributed by atoms with E-state index in [-0.39, 0.29) is 10.9 Å². The highest BCUT2D eigenvalue weighted by molar-refractivity contribution is 7.89. The Morgan fingerprint density at radius 1 is 1.35 bits per heavy atom. The predicted molar refractivity (Wildman–Crippen MR) is 83.3 cm³/mol. The van der Waals surface area contributed by atoms with Crippen LogP contribution in [-0.2, 0) is 16.4 Å². The Kier molecular flexibility index (Phi) is 4.32. The zero-order valence-electron chi connectivity index (χ0n) is 11.0. The number of thiophene rings is 1. The van der Waals surface area contributed by atoms with Crippen molar-refractivity contribution >= 4 is 32.7 Å². The van der Waals surface area contributed by atoms with Crippen LogP contribution in [0, 0.1) is 0 Å². The van der Waals surface area contributed by atoms with Crippen molar-refractivity contribution in [2.45, 2.75) is 24.3 Å². The molecule has 0 amide bonds. The molecule has 1 atom stereocenters. The van der Waals surface area contributed by atoms with Gasteiger partial charge in [0.15, 0.2) is 0 Å². The number of benzene rings is 1. The number of rotatable bonds is 5. The van der Waals surface area contributed by atoms with Crippen LogP contribution in [0.1, 0.15) is 11.8 Å². The van der Waals surface area contributed by atoms with Gasteiger partial charge in [-0.05, 0) is 36.6 Å². The van der Waals surface area contributed by atoms with Gasteiger partial charge >= 0.3 is 0 Å². The van der Waals surface area contributed by atoms with E-state index < -0.39 is 10.0 Å². The minimum absolute atomic E-state index is 0.0533. The van der Waals surface area contributed by atoms with Gasteiger partial charge in [-0.15, -0.1) is 11.3 Å². The molecule has 0 aliphatic heterocycles. The van der Waals surface area contributed by atoms with Gasteiger partial charge in [-0.3, -0.25) is 0 Å². The Bertz CT molecular complexity index is 682. The largest absolute Gasteiger partial charge is 0.397 e. The topological polar surface area (TPSA) is 98.2 Å². The lowest BCUT2D eigenvalue weighted by atomic mass is 10.2. The molecular formula is C13H17N3O2S2. The summed E-state index contributed by atoms with van der Waals surface area (Å²) in [7, 11) is -3.72. The molecule has 1 aromatic heterocycles. The minimum atomic E-state index is -3.72. The second-order valence-corrected chi connectivity index (χ2v) is 7.22. The van der Waals surface area contributed by atoms with Crippen LogP contribution in [0.5, 0.6) is 0 Å². The molecular weight excluding hydrogens is 294 g/mol.